The molecule has 2 aromatic carbocycles. The molecule has 0 aliphatic carbocycles. The summed E-state index contributed by atoms with van der Waals surface area (Å²) in [5.41, 5.74) is 1.86. The second-order valence-corrected chi connectivity index (χ2v) is 8.31. The molecule has 1 amide bonds. The third kappa shape index (κ3) is 5.76. The first-order valence-electron chi connectivity index (χ1n) is 9.61. The van der Waals surface area contributed by atoms with Gasteiger partial charge in [-0.2, -0.15) is 0 Å². The molecule has 0 spiro atoms. The first kappa shape index (κ1) is 23.1. The highest BCUT2D eigenvalue weighted by molar-refractivity contribution is 7.22. The first-order valence-corrected chi connectivity index (χ1v) is 10.8. The van der Waals surface area contributed by atoms with Crippen LogP contribution in [0.15, 0.2) is 61.2 Å². The summed E-state index contributed by atoms with van der Waals surface area (Å²) in [5.74, 6) is 0.531. The Morgan fingerprint density at radius 3 is 2.81 bits per heavy atom. The maximum Gasteiger partial charge on any atom is 0.266 e. The predicted octanol–water partition coefficient (Wildman–Crippen LogP) is 5.38. The minimum Gasteiger partial charge on any atom is -0.484 e. The molecular weight excluding hydrogens is 455 g/mol. The number of imidazole rings is 1. The third-order valence-electron chi connectivity index (χ3n) is 4.63. The van der Waals surface area contributed by atoms with E-state index in [1.165, 1.54) is 11.3 Å². The topological polar surface area (TPSA) is 60.2 Å². The number of hydrogen-bond donors (Lipinski definition) is 0. The number of anilines is 1. The number of halogens is 2. The lowest BCUT2D eigenvalue weighted by atomic mass is 10.2. The standard InChI is InChI=1S/C22H21ClN4O2S.ClH/c1-16-12-17(23)13-19-21(16)25-22(30-19)27(10-5-9-26-11-8-24-15-26)20(28)14-29-18-6-3-2-4-7-18;/h2-4,6-8,11-13,15H,5,9-10,14H2,1H3;1H. The van der Waals surface area contributed by atoms with Crippen molar-refractivity contribution < 1.29 is 9.53 Å². The molecule has 0 aliphatic heterocycles. The highest BCUT2D eigenvalue weighted by atomic mass is 35.5. The summed E-state index contributed by atoms with van der Waals surface area (Å²) < 4.78 is 8.64. The zero-order valence-corrected chi connectivity index (χ0v) is 19.3. The number of hydrogen-bond acceptors (Lipinski definition) is 5. The molecular formula is C22H22Cl2N4O2S. The van der Waals surface area contributed by atoms with Crippen LogP contribution >= 0.6 is 35.3 Å². The summed E-state index contributed by atoms with van der Waals surface area (Å²) in [6.45, 7) is 3.22. The van der Waals surface area contributed by atoms with Gasteiger partial charge in [0.25, 0.3) is 5.91 Å². The van der Waals surface area contributed by atoms with Crippen LogP contribution in [0.25, 0.3) is 10.2 Å². The first-order chi connectivity index (χ1) is 14.6. The normalized spacial score (nSPS) is 10.6. The number of fused-ring (bicyclic) bond motifs is 1. The number of ether oxygens (including phenoxy) is 1. The van der Waals surface area contributed by atoms with Crippen molar-refractivity contribution in [1.82, 2.24) is 14.5 Å². The second-order valence-electron chi connectivity index (χ2n) is 6.87. The Hall–Kier alpha value is -2.61. The summed E-state index contributed by atoms with van der Waals surface area (Å²) in [7, 11) is 0. The molecule has 0 aliphatic rings. The van der Waals surface area contributed by atoms with Gasteiger partial charge in [-0.3, -0.25) is 9.69 Å². The fourth-order valence-electron chi connectivity index (χ4n) is 3.16. The zero-order valence-electron chi connectivity index (χ0n) is 16.9. The van der Waals surface area contributed by atoms with Crippen molar-refractivity contribution in [2.24, 2.45) is 0 Å². The van der Waals surface area contributed by atoms with Gasteiger partial charge >= 0.3 is 0 Å². The van der Waals surface area contributed by atoms with E-state index < -0.39 is 0 Å². The van der Waals surface area contributed by atoms with E-state index in [1.807, 2.05) is 60.2 Å². The molecule has 4 rings (SSSR count). The van der Waals surface area contributed by atoms with E-state index >= 15 is 0 Å². The minimum atomic E-state index is -0.132. The van der Waals surface area contributed by atoms with Crippen LogP contribution < -0.4 is 9.64 Å². The smallest absolute Gasteiger partial charge is 0.266 e. The Labute approximate surface area is 195 Å². The van der Waals surface area contributed by atoms with Gasteiger partial charge in [0.05, 0.1) is 16.5 Å². The van der Waals surface area contributed by atoms with Crippen LogP contribution in [0.2, 0.25) is 5.02 Å². The number of carbonyl (C=O) groups excluding carboxylic acids is 1. The molecule has 162 valence electrons. The summed E-state index contributed by atoms with van der Waals surface area (Å²) in [6.07, 6.45) is 6.20. The molecule has 0 bridgehead atoms. The number of para-hydroxylation sites is 1. The van der Waals surface area contributed by atoms with E-state index in [0.29, 0.717) is 22.4 Å². The van der Waals surface area contributed by atoms with Crippen LogP contribution in [0.1, 0.15) is 12.0 Å². The molecule has 0 unspecified atom stereocenters. The second kappa shape index (κ2) is 10.6. The van der Waals surface area contributed by atoms with Gasteiger partial charge in [0, 0.05) is 30.5 Å². The van der Waals surface area contributed by atoms with Crippen LogP contribution in [-0.4, -0.2) is 33.6 Å². The Morgan fingerprint density at radius 2 is 2.06 bits per heavy atom. The van der Waals surface area contributed by atoms with Crippen LogP contribution in [0, 0.1) is 6.92 Å². The number of benzene rings is 2. The molecule has 2 aromatic heterocycles. The SMILES string of the molecule is Cc1cc(Cl)cc2sc(N(CCCn3ccnc3)C(=O)COc3ccccc3)nc12.Cl. The van der Waals surface area contributed by atoms with Crippen LogP contribution in [0.4, 0.5) is 5.13 Å². The molecule has 0 saturated heterocycles. The largest absolute Gasteiger partial charge is 0.484 e. The van der Waals surface area contributed by atoms with Crippen molar-refractivity contribution >= 4 is 56.6 Å². The van der Waals surface area contributed by atoms with Crippen molar-refractivity contribution in [1.29, 1.82) is 0 Å². The molecule has 0 saturated carbocycles. The van der Waals surface area contributed by atoms with Crippen molar-refractivity contribution in [3.05, 3.63) is 71.8 Å². The Morgan fingerprint density at radius 1 is 1.26 bits per heavy atom. The van der Waals surface area contributed by atoms with E-state index in [1.54, 1.807) is 17.4 Å². The van der Waals surface area contributed by atoms with Gasteiger partial charge in [-0.1, -0.05) is 41.1 Å². The number of thiazole rings is 1. The van der Waals surface area contributed by atoms with Crippen molar-refractivity contribution in [3.8, 4) is 5.75 Å². The van der Waals surface area contributed by atoms with E-state index in [2.05, 4.69) is 4.98 Å². The predicted molar refractivity (Wildman–Crippen MR) is 128 cm³/mol. The monoisotopic (exact) mass is 476 g/mol. The quantitative estimate of drug-likeness (QED) is 0.342. The number of carbonyl (C=O) groups is 1. The Balaban J connectivity index is 0.00000272. The van der Waals surface area contributed by atoms with Gasteiger partial charge in [0.1, 0.15) is 5.75 Å². The van der Waals surface area contributed by atoms with Crippen molar-refractivity contribution in [2.75, 3.05) is 18.1 Å². The van der Waals surface area contributed by atoms with Gasteiger partial charge in [0.2, 0.25) is 0 Å². The minimum absolute atomic E-state index is 0. The number of rotatable bonds is 8. The van der Waals surface area contributed by atoms with E-state index in [0.717, 1.165) is 28.7 Å². The molecule has 0 atom stereocenters. The number of aromatic nitrogens is 3. The zero-order chi connectivity index (χ0) is 20.9. The van der Waals surface area contributed by atoms with E-state index in [9.17, 15) is 4.79 Å². The molecule has 0 radical (unpaired) electrons. The molecule has 9 heteroatoms. The van der Waals surface area contributed by atoms with Crippen LogP contribution in [0.5, 0.6) is 5.75 Å². The lowest BCUT2D eigenvalue weighted by Crippen LogP contribution is -2.36. The highest BCUT2D eigenvalue weighted by Gasteiger charge is 2.21. The highest BCUT2D eigenvalue weighted by Crippen LogP contribution is 2.33. The number of nitrogens with zero attached hydrogens (tertiary/aromatic N) is 4. The van der Waals surface area contributed by atoms with Gasteiger partial charge in [-0.05, 0) is 43.2 Å². The lowest BCUT2D eigenvalue weighted by molar-refractivity contribution is -0.120. The fourth-order valence-corrected chi connectivity index (χ4v) is 4.62. The maximum atomic E-state index is 13.1. The van der Waals surface area contributed by atoms with Crippen molar-refractivity contribution in [3.63, 3.8) is 0 Å². The van der Waals surface area contributed by atoms with E-state index in [4.69, 9.17) is 21.3 Å². The van der Waals surface area contributed by atoms with Gasteiger partial charge in [-0.25, -0.2) is 9.97 Å². The van der Waals surface area contributed by atoms with Gasteiger partial charge < -0.3 is 9.30 Å². The Kier molecular flexibility index (Phi) is 7.90. The molecule has 0 N–H and O–H groups in total. The molecule has 4 aromatic rings. The van der Waals surface area contributed by atoms with E-state index in [-0.39, 0.29) is 24.9 Å². The average molecular weight is 477 g/mol. The summed E-state index contributed by atoms with van der Waals surface area (Å²) in [4.78, 5) is 23.6. The third-order valence-corrected chi connectivity index (χ3v) is 5.88. The molecule has 31 heavy (non-hydrogen) atoms. The lowest BCUT2D eigenvalue weighted by Gasteiger charge is -2.20. The summed E-state index contributed by atoms with van der Waals surface area (Å²) in [5, 5.41) is 1.32. The molecule has 6 nitrogen and oxygen atoms in total. The number of amides is 1. The van der Waals surface area contributed by atoms with Crippen LogP contribution in [0.3, 0.4) is 0 Å². The number of aryl methyl sites for hydroxylation is 2. The van der Waals surface area contributed by atoms with Crippen LogP contribution in [-0.2, 0) is 11.3 Å². The van der Waals surface area contributed by atoms with Gasteiger partial charge in [0.15, 0.2) is 11.7 Å². The molecule has 2 heterocycles. The average Bonchev–Trinajstić information content (AvgIpc) is 3.40. The van der Waals surface area contributed by atoms with Gasteiger partial charge in [-0.15, -0.1) is 12.4 Å². The Bertz CT molecular complexity index is 1130. The maximum absolute atomic E-state index is 13.1. The molecule has 0 fully saturated rings. The summed E-state index contributed by atoms with van der Waals surface area (Å²) in [6, 6.07) is 13.1. The summed E-state index contributed by atoms with van der Waals surface area (Å²) >= 11 is 7.67. The van der Waals surface area contributed by atoms with Crippen molar-refractivity contribution in [2.45, 2.75) is 19.9 Å². The fraction of sp³-hybridized carbons (Fsp3) is 0.227.